The highest BCUT2D eigenvalue weighted by Crippen LogP contribution is 2.26. The highest BCUT2D eigenvalue weighted by molar-refractivity contribution is 9.10. The van der Waals surface area contributed by atoms with Gasteiger partial charge in [-0.25, -0.2) is 0 Å². The van der Waals surface area contributed by atoms with Crippen molar-refractivity contribution in [2.24, 2.45) is 5.73 Å². The van der Waals surface area contributed by atoms with Crippen LogP contribution in [0.5, 0.6) is 5.75 Å². The fraction of sp³-hybridized carbons (Fsp3) is 0.400. The second-order valence-corrected chi connectivity index (χ2v) is 4.82. The summed E-state index contributed by atoms with van der Waals surface area (Å²) in [5.41, 5.74) is 6.64. The number of benzene rings is 1. The third-order valence-electron chi connectivity index (χ3n) is 1.76. The van der Waals surface area contributed by atoms with Crippen molar-refractivity contribution in [1.82, 2.24) is 0 Å². The molecule has 0 heterocycles. The van der Waals surface area contributed by atoms with Crippen LogP contribution in [0.1, 0.15) is 5.56 Å². The molecule has 0 saturated heterocycles. The summed E-state index contributed by atoms with van der Waals surface area (Å²) in [7, 11) is 1.69. The zero-order chi connectivity index (χ0) is 10.4. The van der Waals surface area contributed by atoms with Crippen LogP contribution in [-0.2, 0) is 5.75 Å². The molecule has 1 rings (SSSR count). The minimum Gasteiger partial charge on any atom is -0.496 e. The molecule has 14 heavy (non-hydrogen) atoms. The van der Waals surface area contributed by atoms with E-state index in [1.165, 1.54) is 5.56 Å². The van der Waals surface area contributed by atoms with E-state index in [1.807, 2.05) is 23.9 Å². The van der Waals surface area contributed by atoms with Crippen molar-refractivity contribution in [3.05, 3.63) is 28.2 Å². The monoisotopic (exact) mass is 275 g/mol. The van der Waals surface area contributed by atoms with Gasteiger partial charge in [-0.3, -0.25) is 0 Å². The van der Waals surface area contributed by atoms with Crippen LogP contribution < -0.4 is 10.5 Å². The molecular formula is C10H14BrNOS. The number of methoxy groups -OCH3 is 1. The van der Waals surface area contributed by atoms with E-state index >= 15 is 0 Å². The Hall–Kier alpha value is -0.190. The standard InChI is InChI=1S/C10H14BrNOS/c1-13-10-3-2-9(11)6-8(10)7-14-5-4-12/h2-3,6H,4-5,7,12H2,1H3. The van der Waals surface area contributed by atoms with E-state index in [2.05, 4.69) is 22.0 Å². The van der Waals surface area contributed by atoms with E-state index in [4.69, 9.17) is 10.5 Å². The summed E-state index contributed by atoms with van der Waals surface area (Å²) in [5, 5.41) is 0. The molecule has 1 aromatic rings. The molecule has 0 aliphatic carbocycles. The average molecular weight is 276 g/mol. The molecule has 0 aliphatic rings. The van der Waals surface area contributed by atoms with E-state index in [0.29, 0.717) is 0 Å². The average Bonchev–Trinajstić information content (AvgIpc) is 2.19. The van der Waals surface area contributed by atoms with E-state index < -0.39 is 0 Å². The summed E-state index contributed by atoms with van der Waals surface area (Å²) in [6.45, 7) is 0.723. The molecule has 0 unspecified atom stereocenters. The molecule has 0 bridgehead atoms. The van der Waals surface area contributed by atoms with Crippen LogP contribution in [0.4, 0.5) is 0 Å². The van der Waals surface area contributed by atoms with Crippen LogP contribution in [0.2, 0.25) is 0 Å². The van der Waals surface area contributed by atoms with Crippen molar-refractivity contribution < 1.29 is 4.74 Å². The molecule has 0 saturated carbocycles. The van der Waals surface area contributed by atoms with Gasteiger partial charge in [-0.1, -0.05) is 15.9 Å². The van der Waals surface area contributed by atoms with E-state index in [0.717, 1.165) is 28.3 Å². The van der Waals surface area contributed by atoms with Crippen molar-refractivity contribution in [2.45, 2.75) is 5.75 Å². The van der Waals surface area contributed by atoms with Gasteiger partial charge < -0.3 is 10.5 Å². The Labute approximate surface area is 97.3 Å². The summed E-state index contributed by atoms with van der Waals surface area (Å²) in [6, 6.07) is 6.04. The second kappa shape index (κ2) is 6.32. The summed E-state index contributed by atoms with van der Waals surface area (Å²) in [6.07, 6.45) is 0. The molecule has 78 valence electrons. The van der Waals surface area contributed by atoms with Crippen LogP contribution in [0.15, 0.2) is 22.7 Å². The number of halogens is 1. The number of ether oxygens (including phenoxy) is 1. The number of hydrogen-bond acceptors (Lipinski definition) is 3. The molecule has 2 N–H and O–H groups in total. The van der Waals surface area contributed by atoms with E-state index in [1.54, 1.807) is 7.11 Å². The van der Waals surface area contributed by atoms with Gasteiger partial charge in [0.2, 0.25) is 0 Å². The highest BCUT2D eigenvalue weighted by Gasteiger charge is 2.03. The largest absolute Gasteiger partial charge is 0.496 e. The van der Waals surface area contributed by atoms with E-state index in [9.17, 15) is 0 Å². The Morgan fingerprint density at radius 3 is 2.93 bits per heavy atom. The Kier molecular flexibility index (Phi) is 5.37. The first kappa shape index (κ1) is 11.9. The van der Waals surface area contributed by atoms with Crippen molar-refractivity contribution in [1.29, 1.82) is 0 Å². The molecule has 0 atom stereocenters. The molecule has 4 heteroatoms. The van der Waals surface area contributed by atoms with Gasteiger partial charge in [0.15, 0.2) is 0 Å². The maximum absolute atomic E-state index is 5.43. The third-order valence-corrected chi connectivity index (χ3v) is 3.29. The van der Waals surface area contributed by atoms with Gasteiger partial charge in [-0.2, -0.15) is 11.8 Å². The molecule has 0 aromatic heterocycles. The van der Waals surface area contributed by atoms with Crippen molar-refractivity contribution in [3.63, 3.8) is 0 Å². The van der Waals surface area contributed by atoms with Crippen molar-refractivity contribution in [2.75, 3.05) is 19.4 Å². The van der Waals surface area contributed by atoms with E-state index in [-0.39, 0.29) is 0 Å². The zero-order valence-electron chi connectivity index (χ0n) is 8.13. The maximum Gasteiger partial charge on any atom is 0.122 e. The summed E-state index contributed by atoms with van der Waals surface area (Å²) in [5.74, 6) is 2.87. The Bertz CT molecular complexity index is 293. The molecule has 0 amide bonds. The van der Waals surface area contributed by atoms with Crippen LogP contribution in [-0.4, -0.2) is 19.4 Å². The normalized spacial score (nSPS) is 10.2. The maximum atomic E-state index is 5.43. The van der Waals surface area contributed by atoms with Crippen LogP contribution in [0.25, 0.3) is 0 Å². The number of rotatable bonds is 5. The lowest BCUT2D eigenvalue weighted by molar-refractivity contribution is 0.411. The van der Waals surface area contributed by atoms with Gasteiger partial charge in [0.1, 0.15) is 5.75 Å². The summed E-state index contributed by atoms with van der Waals surface area (Å²) < 4.78 is 6.35. The summed E-state index contributed by atoms with van der Waals surface area (Å²) in [4.78, 5) is 0. The zero-order valence-corrected chi connectivity index (χ0v) is 10.5. The lowest BCUT2D eigenvalue weighted by Gasteiger charge is -2.08. The molecule has 0 spiro atoms. The fourth-order valence-electron chi connectivity index (χ4n) is 1.13. The molecule has 2 nitrogen and oxygen atoms in total. The van der Waals surface area contributed by atoms with Gasteiger partial charge >= 0.3 is 0 Å². The minimum atomic E-state index is 0.723. The minimum absolute atomic E-state index is 0.723. The summed E-state index contributed by atoms with van der Waals surface area (Å²) >= 11 is 5.26. The molecule has 0 aliphatic heterocycles. The van der Waals surface area contributed by atoms with Gasteiger partial charge in [0.05, 0.1) is 7.11 Å². The highest BCUT2D eigenvalue weighted by atomic mass is 79.9. The van der Waals surface area contributed by atoms with Gasteiger partial charge in [-0.05, 0) is 18.2 Å². The SMILES string of the molecule is COc1ccc(Br)cc1CSCCN. The van der Waals surface area contributed by atoms with Gasteiger partial charge in [0.25, 0.3) is 0 Å². The third kappa shape index (κ3) is 3.52. The van der Waals surface area contributed by atoms with Gasteiger partial charge in [0, 0.05) is 28.1 Å². The topological polar surface area (TPSA) is 35.2 Å². The lowest BCUT2D eigenvalue weighted by Crippen LogP contribution is -2.01. The smallest absolute Gasteiger partial charge is 0.122 e. The van der Waals surface area contributed by atoms with Crippen molar-refractivity contribution in [3.8, 4) is 5.75 Å². The Morgan fingerprint density at radius 2 is 2.29 bits per heavy atom. The first-order valence-electron chi connectivity index (χ1n) is 4.38. The quantitative estimate of drug-likeness (QED) is 0.840. The van der Waals surface area contributed by atoms with Crippen LogP contribution in [0, 0.1) is 0 Å². The molecule has 0 radical (unpaired) electrons. The molecule has 1 aromatic carbocycles. The predicted molar refractivity (Wildman–Crippen MR) is 65.9 cm³/mol. The second-order valence-electron chi connectivity index (χ2n) is 2.80. The Morgan fingerprint density at radius 1 is 1.50 bits per heavy atom. The first-order valence-corrected chi connectivity index (χ1v) is 6.33. The number of hydrogen-bond donors (Lipinski definition) is 1. The van der Waals surface area contributed by atoms with Gasteiger partial charge in [-0.15, -0.1) is 0 Å². The van der Waals surface area contributed by atoms with Crippen LogP contribution in [0.3, 0.4) is 0 Å². The predicted octanol–water partition coefficient (Wildman–Crippen LogP) is 2.65. The molecule has 0 fully saturated rings. The van der Waals surface area contributed by atoms with Crippen LogP contribution >= 0.6 is 27.7 Å². The molecular weight excluding hydrogens is 262 g/mol. The van der Waals surface area contributed by atoms with Crippen molar-refractivity contribution >= 4 is 27.7 Å². The Balaban J connectivity index is 2.67. The number of thioether (sulfide) groups is 1. The first-order chi connectivity index (χ1) is 6.77. The lowest BCUT2D eigenvalue weighted by atomic mass is 10.2. The fourth-order valence-corrected chi connectivity index (χ4v) is 2.29. The number of nitrogens with two attached hydrogens (primary N) is 1.